The monoisotopic (exact) mass is 477 g/mol. The van der Waals surface area contributed by atoms with Crippen molar-refractivity contribution in [3.8, 4) is 11.5 Å². The SMILES string of the molecule is CCOc1ccc(Cl)c(/C(O)=C2\C(=O)C(=O)N(c3ccc(CC)cc3)C2c2ccc(O)cc2)c1. The summed E-state index contributed by atoms with van der Waals surface area (Å²) in [6, 6.07) is 17.4. The van der Waals surface area contributed by atoms with Crippen molar-refractivity contribution in [3.05, 3.63) is 94.0 Å². The van der Waals surface area contributed by atoms with E-state index in [0.29, 0.717) is 23.6 Å². The van der Waals surface area contributed by atoms with E-state index in [-0.39, 0.29) is 21.9 Å². The van der Waals surface area contributed by atoms with E-state index in [0.717, 1.165) is 12.0 Å². The molecule has 0 spiro atoms. The Bertz CT molecular complexity index is 1270. The van der Waals surface area contributed by atoms with Gasteiger partial charge >= 0.3 is 0 Å². The lowest BCUT2D eigenvalue weighted by atomic mass is 9.95. The van der Waals surface area contributed by atoms with Gasteiger partial charge < -0.3 is 14.9 Å². The zero-order chi connectivity index (χ0) is 24.4. The van der Waals surface area contributed by atoms with Crippen molar-refractivity contribution in [1.29, 1.82) is 0 Å². The summed E-state index contributed by atoms with van der Waals surface area (Å²) in [7, 11) is 0. The van der Waals surface area contributed by atoms with Crippen LogP contribution in [0.4, 0.5) is 5.69 Å². The van der Waals surface area contributed by atoms with Crippen molar-refractivity contribution in [2.75, 3.05) is 11.5 Å². The van der Waals surface area contributed by atoms with Crippen LogP contribution in [0.2, 0.25) is 5.02 Å². The highest BCUT2D eigenvalue weighted by molar-refractivity contribution is 6.52. The molecule has 1 heterocycles. The number of phenols is 1. The molecule has 0 bridgehead atoms. The fourth-order valence-corrected chi connectivity index (χ4v) is 4.26. The van der Waals surface area contributed by atoms with Crippen LogP contribution in [0.15, 0.2) is 72.3 Å². The second kappa shape index (κ2) is 9.61. The number of Topliss-reactive ketones (excluding diaryl/α,β-unsaturated/α-hetero) is 1. The molecule has 3 aromatic carbocycles. The van der Waals surface area contributed by atoms with E-state index < -0.39 is 23.5 Å². The van der Waals surface area contributed by atoms with Crippen molar-refractivity contribution >= 4 is 34.7 Å². The Morgan fingerprint density at radius 1 is 1.00 bits per heavy atom. The molecule has 1 amide bonds. The maximum Gasteiger partial charge on any atom is 0.300 e. The van der Waals surface area contributed by atoms with Gasteiger partial charge in [-0.1, -0.05) is 42.8 Å². The maximum atomic E-state index is 13.3. The van der Waals surface area contributed by atoms with Gasteiger partial charge in [0.05, 0.1) is 23.2 Å². The largest absolute Gasteiger partial charge is 0.508 e. The molecule has 1 atom stereocenters. The van der Waals surface area contributed by atoms with Crippen molar-refractivity contribution in [2.24, 2.45) is 0 Å². The Morgan fingerprint density at radius 2 is 1.68 bits per heavy atom. The zero-order valence-corrected chi connectivity index (χ0v) is 19.5. The van der Waals surface area contributed by atoms with Crippen molar-refractivity contribution in [1.82, 2.24) is 0 Å². The van der Waals surface area contributed by atoms with Crippen LogP contribution >= 0.6 is 11.6 Å². The third kappa shape index (κ3) is 4.24. The highest BCUT2D eigenvalue weighted by Gasteiger charge is 2.47. The summed E-state index contributed by atoms with van der Waals surface area (Å²) in [4.78, 5) is 27.9. The van der Waals surface area contributed by atoms with Gasteiger partial charge in [-0.05, 0) is 66.9 Å². The van der Waals surface area contributed by atoms with E-state index in [1.165, 1.54) is 17.0 Å². The van der Waals surface area contributed by atoms with Gasteiger partial charge in [-0.3, -0.25) is 14.5 Å². The molecule has 0 saturated carbocycles. The number of aromatic hydroxyl groups is 1. The van der Waals surface area contributed by atoms with Crippen LogP contribution in [-0.4, -0.2) is 28.5 Å². The van der Waals surface area contributed by atoms with Gasteiger partial charge in [0.25, 0.3) is 11.7 Å². The van der Waals surface area contributed by atoms with Crippen molar-refractivity contribution < 1.29 is 24.5 Å². The Labute approximate surface area is 202 Å². The number of carbonyl (C=O) groups excluding carboxylic acids is 2. The summed E-state index contributed by atoms with van der Waals surface area (Å²) in [6.07, 6.45) is 0.829. The first-order valence-corrected chi connectivity index (χ1v) is 11.3. The molecule has 0 aliphatic carbocycles. The Hall–Kier alpha value is -3.77. The van der Waals surface area contributed by atoms with Crippen LogP contribution in [0.3, 0.4) is 0 Å². The Morgan fingerprint density at radius 3 is 2.29 bits per heavy atom. The van der Waals surface area contributed by atoms with E-state index in [4.69, 9.17) is 16.3 Å². The number of halogens is 1. The molecule has 3 aromatic rings. The number of carbonyl (C=O) groups is 2. The van der Waals surface area contributed by atoms with Gasteiger partial charge in [0, 0.05) is 11.3 Å². The average Bonchev–Trinajstić information content (AvgIpc) is 3.11. The predicted octanol–water partition coefficient (Wildman–Crippen LogP) is 5.63. The molecular weight excluding hydrogens is 454 g/mol. The Kier molecular flexibility index (Phi) is 6.61. The molecule has 2 N–H and O–H groups in total. The third-order valence-corrected chi connectivity index (χ3v) is 6.11. The minimum atomic E-state index is -0.917. The summed E-state index contributed by atoms with van der Waals surface area (Å²) in [5.41, 5.74) is 2.25. The number of ether oxygens (including phenoxy) is 1. The smallest absolute Gasteiger partial charge is 0.300 e. The average molecular weight is 478 g/mol. The molecular formula is C27H24ClNO5. The van der Waals surface area contributed by atoms with E-state index in [2.05, 4.69) is 0 Å². The molecule has 34 heavy (non-hydrogen) atoms. The number of phenolic OH excluding ortho intramolecular Hbond substituents is 1. The number of anilines is 1. The van der Waals surface area contributed by atoms with Gasteiger partial charge in [-0.25, -0.2) is 0 Å². The number of nitrogens with zero attached hydrogens (tertiary/aromatic N) is 1. The minimum Gasteiger partial charge on any atom is -0.508 e. The maximum absolute atomic E-state index is 13.3. The number of aliphatic hydroxyl groups excluding tert-OH is 1. The van der Waals surface area contributed by atoms with Crippen molar-refractivity contribution in [2.45, 2.75) is 26.3 Å². The minimum absolute atomic E-state index is 0.0421. The lowest BCUT2D eigenvalue weighted by Gasteiger charge is -2.25. The number of amides is 1. The van der Waals surface area contributed by atoms with Crippen LogP contribution in [0, 0.1) is 0 Å². The summed E-state index contributed by atoms with van der Waals surface area (Å²) in [5.74, 6) is -1.47. The quantitative estimate of drug-likeness (QED) is 0.273. The number of aryl methyl sites for hydroxylation is 1. The van der Waals surface area contributed by atoms with Crippen LogP contribution in [0.25, 0.3) is 5.76 Å². The molecule has 1 saturated heterocycles. The molecule has 0 radical (unpaired) electrons. The molecule has 7 heteroatoms. The molecule has 1 fully saturated rings. The first kappa shape index (κ1) is 23.4. The molecule has 6 nitrogen and oxygen atoms in total. The summed E-state index contributed by atoms with van der Waals surface area (Å²) < 4.78 is 5.52. The van der Waals surface area contributed by atoms with E-state index >= 15 is 0 Å². The second-order valence-electron chi connectivity index (χ2n) is 7.86. The summed E-state index contributed by atoms with van der Waals surface area (Å²) in [5, 5.41) is 21.3. The van der Waals surface area contributed by atoms with Gasteiger partial charge in [-0.15, -0.1) is 0 Å². The van der Waals surface area contributed by atoms with Crippen LogP contribution in [0.5, 0.6) is 11.5 Å². The molecule has 1 unspecified atom stereocenters. The van der Waals surface area contributed by atoms with E-state index in [9.17, 15) is 19.8 Å². The highest BCUT2D eigenvalue weighted by atomic mass is 35.5. The van der Waals surface area contributed by atoms with Crippen LogP contribution in [0.1, 0.15) is 36.6 Å². The fourth-order valence-electron chi connectivity index (χ4n) is 4.05. The molecule has 174 valence electrons. The summed E-state index contributed by atoms with van der Waals surface area (Å²) >= 11 is 6.36. The number of benzene rings is 3. The molecule has 4 rings (SSSR count). The first-order valence-electron chi connectivity index (χ1n) is 11.0. The lowest BCUT2D eigenvalue weighted by Crippen LogP contribution is -2.29. The van der Waals surface area contributed by atoms with Gasteiger partial charge in [0.2, 0.25) is 0 Å². The number of hydrogen-bond acceptors (Lipinski definition) is 5. The standard InChI is InChI=1S/C27H24ClNO5/c1-3-16-5-9-18(10-6-16)29-24(17-7-11-19(30)12-8-17)23(26(32)27(29)33)25(31)21-15-20(34-4-2)13-14-22(21)28/h5-15,24,30-31H,3-4H2,1-2H3/b25-23+. The number of rotatable bonds is 6. The Balaban J connectivity index is 1.93. The van der Waals surface area contributed by atoms with Crippen LogP contribution in [-0.2, 0) is 16.0 Å². The fraction of sp³-hybridized carbons (Fsp3) is 0.185. The molecule has 1 aliphatic rings. The van der Waals surface area contributed by atoms with E-state index in [1.54, 1.807) is 42.5 Å². The number of ketones is 1. The summed E-state index contributed by atoms with van der Waals surface area (Å²) in [6.45, 7) is 4.26. The van der Waals surface area contributed by atoms with E-state index in [1.807, 2.05) is 26.0 Å². The predicted molar refractivity (Wildman–Crippen MR) is 131 cm³/mol. The van der Waals surface area contributed by atoms with Gasteiger partial charge in [0.1, 0.15) is 17.3 Å². The number of aliphatic hydroxyl groups is 1. The van der Waals surface area contributed by atoms with Gasteiger partial charge in [0.15, 0.2) is 0 Å². The highest BCUT2D eigenvalue weighted by Crippen LogP contribution is 2.43. The topological polar surface area (TPSA) is 87.1 Å². The first-order chi connectivity index (χ1) is 16.3. The van der Waals surface area contributed by atoms with Crippen molar-refractivity contribution in [3.63, 3.8) is 0 Å². The van der Waals surface area contributed by atoms with Crippen LogP contribution < -0.4 is 9.64 Å². The molecule has 0 aromatic heterocycles. The zero-order valence-electron chi connectivity index (χ0n) is 18.8. The second-order valence-corrected chi connectivity index (χ2v) is 8.26. The lowest BCUT2D eigenvalue weighted by molar-refractivity contribution is -0.132. The number of hydrogen-bond donors (Lipinski definition) is 2. The van der Waals surface area contributed by atoms with Gasteiger partial charge in [-0.2, -0.15) is 0 Å². The molecule has 1 aliphatic heterocycles. The third-order valence-electron chi connectivity index (χ3n) is 5.78. The normalized spacial score (nSPS) is 17.3.